The molecule has 110 valence electrons. The van der Waals surface area contributed by atoms with Gasteiger partial charge >= 0.3 is 0 Å². The van der Waals surface area contributed by atoms with E-state index >= 15 is 0 Å². The van der Waals surface area contributed by atoms with Gasteiger partial charge < -0.3 is 14.4 Å². The second-order valence-electron chi connectivity index (χ2n) is 4.49. The summed E-state index contributed by atoms with van der Waals surface area (Å²) in [5.74, 6) is 1.12. The summed E-state index contributed by atoms with van der Waals surface area (Å²) in [4.78, 5) is 14.4. The second-order valence-corrected chi connectivity index (χ2v) is 4.49. The summed E-state index contributed by atoms with van der Waals surface area (Å²) >= 11 is 0. The molecule has 0 bridgehead atoms. The Hall–Kier alpha value is -2.49. The number of amides is 1. The molecule has 2 aromatic rings. The lowest BCUT2D eigenvalue weighted by Crippen LogP contribution is -2.30. The van der Waals surface area contributed by atoms with Crippen molar-refractivity contribution in [2.75, 3.05) is 25.7 Å². The number of benzene rings is 2. The van der Waals surface area contributed by atoms with Crippen LogP contribution in [-0.4, -0.2) is 26.7 Å². The molecule has 0 saturated carbocycles. The summed E-state index contributed by atoms with van der Waals surface area (Å²) in [6.07, 6.45) is 0. The highest BCUT2D eigenvalue weighted by molar-refractivity contribution is 6.06. The molecule has 1 amide bonds. The molecule has 0 unspecified atom stereocenters. The van der Waals surface area contributed by atoms with Crippen LogP contribution in [0.15, 0.2) is 48.5 Å². The number of ether oxygens (including phenoxy) is 2. The van der Waals surface area contributed by atoms with Gasteiger partial charge in [0.25, 0.3) is 5.91 Å². The molecule has 21 heavy (non-hydrogen) atoms. The lowest BCUT2D eigenvalue weighted by molar-refractivity contribution is 0.0987. The molecule has 0 aliphatic heterocycles. The molecule has 0 fully saturated rings. The summed E-state index contributed by atoms with van der Waals surface area (Å²) in [5, 5.41) is 0. The molecule has 0 N–H and O–H groups in total. The van der Waals surface area contributed by atoms with Crippen molar-refractivity contribution < 1.29 is 14.3 Å². The first-order chi connectivity index (χ1) is 10.2. The maximum atomic E-state index is 12.7. The molecule has 0 aliphatic rings. The van der Waals surface area contributed by atoms with Crippen LogP contribution in [0.4, 0.5) is 5.69 Å². The van der Waals surface area contributed by atoms with Crippen molar-refractivity contribution in [2.45, 2.75) is 6.92 Å². The van der Waals surface area contributed by atoms with Crippen LogP contribution in [0.1, 0.15) is 17.3 Å². The van der Waals surface area contributed by atoms with Crippen molar-refractivity contribution in [3.63, 3.8) is 0 Å². The van der Waals surface area contributed by atoms with E-state index in [0.29, 0.717) is 23.6 Å². The molecule has 0 radical (unpaired) electrons. The third kappa shape index (κ3) is 3.34. The van der Waals surface area contributed by atoms with Gasteiger partial charge in [0.2, 0.25) is 0 Å². The number of anilines is 1. The first kappa shape index (κ1) is 14.9. The highest BCUT2D eigenvalue weighted by Gasteiger charge is 2.17. The summed E-state index contributed by atoms with van der Waals surface area (Å²) < 4.78 is 10.4. The Labute approximate surface area is 124 Å². The third-order valence-electron chi connectivity index (χ3n) is 3.23. The van der Waals surface area contributed by atoms with E-state index in [2.05, 4.69) is 0 Å². The van der Waals surface area contributed by atoms with Crippen molar-refractivity contribution >= 4 is 11.6 Å². The summed E-state index contributed by atoms with van der Waals surface area (Å²) in [7, 11) is 3.13. The second kappa shape index (κ2) is 6.79. The molecule has 0 aromatic heterocycles. The number of methoxy groups -OCH3 is 2. The minimum Gasteiger partial charge on any atom is -0.497 e. The molecular weight excluding hydrogens is 266 g/mol. The van der Waals surface area contributed by atoms with Gasteiger partial charge in [-0.05, 0) is 31.2 Å². The monoisotopic (exact) mass is 285 g/mol. The van der Waals surface area contributed by atoms with E-state index in [1.54, 1.807) is 37.3 Å². The lowest BCUT2D eigenvalue weighted by Gasteiger charge is -2.21. The molecule has 4 heteroatoms. The van der Waals surface area contributed by atoms with Crippen LogP contribution in [0, 0.1) is 0 Å². The van der Waals surface area contributed by atoms with Crippen molar-refractivity contribution in [1.82, 2.24) is 0 Å². The molecule has 4 nitrogen and oxygen atoms in total. The molecule has 0 spiro atoms. The lowest BCUT2D eigenvalue weighted by atomic mass is 10.1. The Bertz CT molecular complexity index is 588. The number of para-hydroxylation sites is 1. The fraction of sp³-hybridized carbons (Fsp3) is 0.235. The van der Waals surface area contributed by atoms with E-state index in [-0.39, 0.29) is 5.91 Å². The van der Waals surface area contributed by atoms with Gasteiger partial charge in [-0.2, -0.15) is 0 Å². The van der Waals surface area contributed by atoms with Gasteiger partial charge in [-0.1, -0.05) is 18.2 Å². The van der Waals surface area contributed by atoms with Gasteiger partial charge in [-0.25, -0.2) is 0 Å². The highest BCUT2D eigenvalue weighted by atomic mass is 16.5. The Morgan fingerprint density at radius 2 is 1.57 bits per heavy atom. The van der Waals surface area contributed by atoms with Gasteiger partial charge in [0.15, 0.2) is 0 Å². The smallest absolute Gasteiger partial charge is 0.258 e. The van der Waals surface area contributed by atoms with E-state index in [0.717, 1.165) is 5.69 Å². The summed E-state index contributed by atoms with van der Waals surface area (Å²) in [6.45, 7) is 2.53. The van der Waals surface area contributed by atoms with Crippen LogP contribution in [0.5, 0.6) is 11.5 Å². The number of nitrogens with zero attached hydrogens (tertiary/aromatic N) is 1. The molecule has 0 saturated heterocycles. The van der Waals surface area contributed by atoms with Gasteiger partial charge in [0.1, 0.15) is 11.5 Å². The maximum Gasteiger partial charge on any atom is 0.258 e. The van der Waals surface area contributed by atoms with Crippen LogP contribution in [-0.2, 0) is 0 Å². The first-order valence-electron chi connectivity index (χ1n) is 6.79. The minimum atomic E-state index is -0.0825. The van der Waals surface area contributed by atoms with Crippen molar-refractivity contribution in [1.29, 1.82) is 0 Å². The maximum absolute atomic E-state index is 12.7. The van der Waals surface area contributed by atoms with E-state index in [4.69, 9.17) is 9.47 Å². The molecule has 2 rings (SSSR count). The van der Waals surface area contributed by atoms with E-state index in [1.165, 1.54) is 0 Å². The van der Waals surface area contributed by atoms with E-state index in [9.17, 15) is 4.79 Å². The molecular formula is C17H19NO3. The van der Waals surface area contributed by atoms with Gasteiger partial charge in [0, 0.05) is 23.9 Å². The van der Waals surface area contributed by atoms with Crippen LogP contribution in [0.3, 0.4) is 0 Å². The highest BCUT2D eigenvalue weighted by Crippen LogP contribution is 2.25. The van der Waals surface area contributed by atoms with Crippen molar-refractivity contribution in [2.24, 2.45) is 0 Å². The van der Waals surface area contributed by atoms with Gasteiger partial charge in [-0.3, -0.25) is 4.79 Å². The zero-order valence-electron chi connectivity index (χ0n) is 12.5. The van der Waals surface area contributed by atoms with Gasteiger partial charge in [-0.15, -0.1) is 0 Å². The minimum absolute atomic E-state index is 0.0825. The average molecular weight is 285 g/mol. The number of carbonyl (C=O) groups is 1. The number of hydrogen-bond acceptors (Lipinski definition) is 3. The molecule has 0 heterocycles. The Balaban J connectivity index is 2.38. The normalized spacial score (nSPS) is 10.0. The van der Waals surface area contributed by atoms with E-state index in [1.807, 2.05) is 37.3 Å². The Kier molecular flexibility index (Phi) is 4.82. The average Bonchev–Trinajstić information content (AvgIpc) is 2.55. The molecule has 0 aliphatic carbocycles. The predicted octanol–water partition coefficient (Wildman–Crippen LogP) is 3.37. The Morgan fingerprint density at radius 1 is 1.00 bits per heavy atom. The third-order valence-corrected chi connectivity index (χ3v) is 3.23. The standard InChI is InChI=1S/C17H19NO3/c1-4-18(14-8-6-5-7-9-14)17(19)13-10-15(20-2)12-16(11-13)21-3/h5-12H,4H2,1-3H3. The SMILES string of the molecule is CCN(C(=O)c1cc(OC)cc(OC)c1)c1ccccc1. The summed E-state index contributed by atoms with van der Waals surface area (Å²) in [6, 6.07) is 14.8. The quantitative estimate of drug-likeness (QED) is 0.845. The molecule has 2 aromatic carbocycles. The fourth-order valence-corrected chi connectivity index (χ4v) is 2.14. The van der Waals surface area contributed by atoms with Crippen LogP contribution in [0.25, 0.3) is 0 Å². The molecule has 0 atom stereocenters. The summed E-state index contributed by atoms with van der Waals surface area (Å²) in [5.41, 5.74) is 1.41. The number of carbonyl (C=O) groups excluding carboxylic acids is 1. The topological polar surface area (TPSA) is 38.8 Å². The largest absolute Gasteiger partial charge is 0.497 e. The number of hydrogen-bond donors (Lipinski definition) is 0. The van der Waals surface area contributed by atoms with Crippen LogP contribution >= 0.6 is 0 Å². The zero-order valence-corrected chi connectivity index (χ0v) is 12.5. The first-order valence-corrected chi connectivity index (χ1v) is 6.79. The van der Waals surface area contributed by atoms with Gasteiger partial charge in [0.05, 0.1) is 14.2 Å². The number of rotatable bonds is 5. The van der Waals surface area contributed by atoms with Crippen LogP contribution < -0.4 is 14.4 Å². The fourth-order valence-electron chi connectivity index (χ4n) is 2.14. The van der Waals surface area contributed by atoms with Crippen LogP contribution in [0.2, 0.25) is 0 Å². The van der Waals surface area contributed by atoms with E-state index < -0.39 is 0 Å². The van der Waals surface area contributed by atoms with Crippen molar-refractivity contribution in [3.8, 4) is 11.5 Å². The Morgan fingerprint density at radius 3 is 2.05 bits per heavy atom. The zero-order chi connectivity index (χ0) is 15.2. The van der Waals surface area contributed by atoms with Crippen molar-refractivity contribution in [3.05, 3.63) is 54.1 Å². The predicted molar refractivity (Wildman–Crippen MR) is 83.3 cm³/mol.